The van der Waals surface area contributed by atoms with Crippen molar-refractivity contribution < 1.29 is 0 Å². The van der Waals surface area contributed by atoms with Crippen LogP contribution in [0.1, 0.15) is 0 Å². The molecule has 2 aromatic heterocycles. The first-order valence-electron chi connectivity index (χ1n) is 17.3. The van der Waals surface area contributed by atoms with Gasteiger partial charge < -0.3 is 4.57 Å². The fourth-order valence-electron chi connectivity index (χ4n) is 8.99. The smallest absolute Gasteiger partial charge is 0.0726 e. The highest BCUT2D eigenvalue weighted by Gasteiger charge is 2.23. The molecule has 0 unspecified atom stereocenters. The maximum atomic E-state index is 2.52. The van der Waals surface area contributed by atoms with Crippen molar-refractivity contribution >= 4 is 85.6 Å². The van der Waals surface area contributed by atoms with Gasteiger partial charge in [0.1, 0.15) is 0 Å². The third-order valence-electron chi connectivity index (χ3n) is 11.1. The molecule has 0 saturated carbocycles. The van der Waals surface area contributed by atoms with Crippen molar-refractivity contribution in [2.24, 2.45) is 0 Å². The zero-order chi connectivity index (χ0) is 32.5. The van der Waals surface area contributed by atoms with Gasteiger partial charge in [0.15, 0.2) is 0 Å². The minimum absolute atomic E-state index is 1.19. The highest BCUT2D eigenvalue weighted by atomic mass is 32.1. The number of benzene rings is 9. The zero-order valence-corrected chi connectivity index (χ0v) is 27.8. The quantitative estimate of drug-likeness (QED) is 0.176. The Kier molecular flexibility index (Phi) is 5.18. The summed E-state index contributed by atoms with van der Waals surface area (Å²) in [5.74, 6) is 0. The van der Waals surface area contributed by atoms with Crippen LogP contribution in [-0.2, 0) is 0 Å². The number of hydrogen-bond acceptors (Lipinski definition) is 1. The van der Waals surface area contributed by atoms with E-state index >= 15 is 0 Å². The van der Waals surface area contributed by atoms with Crippen LogP contribution >= 0.6 is 11.3 Å². The molecule has 0 radical (unpaired) electrons. The van der Waals surface area contributed by atoms with E-state index in [0.29, 0.717) is 0 Å². The van der Waals surface area contributed by atoms with Gasteiger partial charge in [-0.1, -0.05) is 133 Å². The number of para-hydroxylation sites is 1. The summed E-state index contributed by atoms with van der Waals surface area (Å²) in [4.78, 5) is 0. The van der Waals surface area contributed by atoms with E-state index in [1.807, 2.05) is 11.3 Å². The van der Waals surface area contributed by atoms with Crippen molar-refractivity contribution in [2.45, 2.75) is 0 Å². The molecule has 2 heteroatoms. The van der Waals surface area contributed by atoms with E-state index in [1.165, 1.54) is 113 Å². The zero-order valence-electron chi connectivity index (χ0n) is 26.9. The maximum absolute atomic E-state index is 2.52. The standard InChI is InChI=1S/C48H27NS/c1-2-11-34-33(10-1)36-17-9-16-35-32(24-25-39(34)44(35)36)30-21-20-29-27-31(23-22-28(29)26-30)49-42-18-7-5-14-40(42)45-37-12-3-4-13-38(37)46-41-15-6-8-19-43(41)50-48(46)47(45)49/h1-27H. The average molecular weight is 650 g/mol. The van der Waals surface area contributed by atoms with Crippen molar-refractivity contribution in [1.29, 1.82) is 0 Å². The van der Waals surface area contributed by atoms with Gasteiger partial charge in [0.05, 0.1) is 15.7 Å². The lowest BCUT2D eigenvalue weighted by Gasteiger charge is -2.13. The molecule has 11 aromatic rings. The summed E-state index contributed by atoms with van der Waals surface area (Å²) >= 11 is 1.92. The Morgan fingerprint density at radius 3 is 1.86 bits per heavy atom. The van der Waals surface area contributed by atoms with E-state index in [9.17, 15) is 0 Å². The summed E-state index contributed by atoms with van der Waals surface area (Å²) in [5, 5.41) is 13.1. The number of rotatable bonds is 2. The molecule has 0 aliphatic heterocycles. The topological polar surface area (TPSA) is 4.93 Å². The van der Waals surface area contributed by atoms with Crippen LogP contribution in [0.4, 0.5) is 0 Å². The van der Waals surface area contributed by atoms with E-state index in [-0.39, 0.29) is 0 Å². The normalized spacial score (nSPS) is 12.4. The van der Waals surface area contributed by atoms with Crippen molar-refractivity contribution in [1.82, 2.24) is 4.57 Å². The van der Waals surface area contributed by atoms with Gasteiger partial charge in [-0.25, -0.2) is 0 Å². The minimum atomic E-state index is 1.19. The second-order valence-corrected chi connectivity index (χ2v) is 14.7. The first kappa shape index (κ1) is 26.7. The van der Waals surface area contributed by atoms with Crippen LogP contribution in [0.2, 0.25) is 0 Å². The van der Waals surface area contributed by atoms with Crippen LogP contribution in [0.25, 0.3) is 113 Å². The Labute approximate surface area is 291 Å². The molecule has 0 bridgehead atoms. The van der Waals surface area contributed by atoms with Gasteiger partial charge in [-0.15, -0.1) is 11.3 Å². The number of nitrogens with zero attached hydrogens (tertiary/aromatic N) is 1. The predicted octanol–water partition coefficient (Wildman–Crippen LogP) is 13.9. The molecule has 230 valence electrons. The maximum Gasteiger partial charge on any atom is 0.0726 e. The summed E-state index contributed by atoms with van der Waals surface area (Å²) < 4.78 is 5.19. The van der Waals surface area contributed by atoms with Crippen LogP contribution in [0, 0.1) is 0 Å². The van der Waals surface area contributed by atoms with Crippen LogP contribution in [0.15, 0.2) is 164 Å². The Morgan fingerprint density at radius 2 is 1.00 bits per heavy atom. The van der Waals surface area contributed by atoms with Crippen LogP contribution in [0.3, 0.4) is 0 Å². The summed E-state index contributed by atoms with van der Waals surface area (Å²) in [6, 6.07) is 61.0. The highest BCUT2D eigenvalue weighted by Crippen LogP contribution is 2.50. The van der Waals surface area contributed by atoms with Gasteiger partial charge in [-0.05, 0) is 96.0 Å². The minimum Gasteiger partial charge on any atom is -0.308 e. The second kappa shape index (κ2) is 9.69. The Bertz CT molecular complexity index is 3240. The van der Waals surface area contributed by atoms with Gasteiger partial charge in [0, 0.05) is 31.9 Å². The fraction of sp³-hybridized carbons (Fsp3) is 0. The molecule has 0 amide bonds. The first-order chi connectivity index (χ1) is 24.8. The Hall–Kier alpha value is -6.22. The van der Waals surface area contributed by atoms with Crippen molar-refractivity contribution in [2.75, 3.05) is 0 Å². The van der Waals surface area contributed by atoms with Crippen LogP contribution in [0.5, 0.6) is 0 Å². The molecule has 0 N–H and O–H groups in total. The van der Waals surface area contributed by atoms with E-state index in [0.717, 1.165) is 0 Å². The lowest BCUT2D eigenvalue weighted by atomic mass is 9.93. The Balaban J connectivity index is 1.09. The monoisotopic (exact) mass is 649 g/mol. The van der Waals surface area contributed by atoms with Gasteiger partial charge in [0.2, 0.25) is 0 Å². The molecule has 0 fully saturated rings. The number of aromatic nitrogens is 1. The molecule has 0 spiro atoms. The van der Waals surface area contributed by atoms with E-state index in [2.05, 4.69) is 168 Å². The second-order valence-electron chi connectivity index (χ2n) is 13.6. The molecule has 0 atom stereocenters. The molecule has 0 saturated heterocycles. The SMILES string of the molecule is c1ccc2c(c1)-c1cccc3c(-c4ccc5cc(-n6c7ccccc7c7c8ccccc8c8c9ccccc9sc8c76)ccc5c4)ccc-2c13. The average Bonchev–Trinajstić information content (AvgIpc) is 3.84. The van der Waals surface area contributed by atoms with Gasteiger partial charge in [0.25, 0.3) is 0 Å². The van der Waals surface area contributed by atoms with Gasteiger partial charge in [-0.2, -0.15) is 0 Å². The summed E-state index contributed by atoms with van der Waals surface area (Å²) in [7, 11) is 0. The molecule has 12 rings (SSSR count). The van der Waals surface area contributed by atoms with Crippen molar-refractivity contribution in [3.8, 4) is 39.1 Å². The van der Waals surface area contributed by atoms with E-state index in [4.69, 9.17) is 0 Å². The molecule has 1 aliphatic rings. The number of hydrogen-bond donors (Lipinski definition) is 0. The summed E-state index contributed by atoms with van der Waals surface area (Å²) in [6.07, 6.45) is 0. The van der Waals surface area contributed by atoms with Crippen molar-refractivity contribution in [3.63, 3.8) is 0 Å². The van der Waals surface area contributed by atoms with Gasteiger partial charge in [-0.3, -0.25) is 0 Å². The molecule has 2 heterocycles. The molecule has 9 aromatic carbocycles. The van der Waals surface area contributed by atoms with Crippen LogP contribution in [-0.4, -0.2) is 4.57 Å². The van der Waals surface area contributed by atoms with Crippen LogP contribution < -0.4 is 0 Å². The Morgan fingerprint density at radius 1 is 0.380 bits per heavy atom. The largest absolute Gasteiger partial charge is 0.308 e. The van der Waals surface area contributed by atoms with E-state index in [1.54, 1.807) is 0 Å². The van der Waals surface area contributed by atoms with E-state index < -0.39 is 0 Å². The van der Waals surface area contributed by atoms with Crippen molar-refractivity contribution in [3.05, 3.63) is 164 Å². The van der Waals surface area contributed by atoms with Gasteiger partial charge >= 0.3 is 0 Å². The molecular formula is C48H27NS. The molecule has 50 heavy (non-hydrogen) atoms. The number of fused-ring (bicyclic) bond motifs is 14. The predicted molar refractivity (Wildman–Crippen MR) is 216 cm³/mol. The highest BCUT2D eigenvalue weighted by molar-refractivity contribution is 7.27. The molecule has 1 nitrogen and oxygen atoms in total. The lowest BCUT2D eigenvalue weighted by Crippen LogP contribution is -1.94. The summed E-state index contributed by atoms with van der Waals surface area (Å²) in [6.45, 7) is 0. The fourth-order valence-corrected chi connectivity index (χ4v) is 10.3. The lowest BCUT2D eigenvalue weighted by molar-refractivity contribution is 1.19. The summed E-state index contributed by atoms with van der Waals surface area (Å²) in [5.41, 5.74) is 11.6. The molecule has 1 aliphatic carbocycles. The molecular weight excluding hydrogens is 623 g/mol. The first-order valence-corrected chi connectivity index (χ1v) is 18.1. The third-order valence-corrected chi connectivity index (χ3v) is 12.3. The third kappa shape index (κ3) is 3.41. The number of thiophene rings is 1.